The van der Waals surface area contributed by atoms with Crippen LogP contribution in [-0.2, 0) is 26.1 Å². The maximum Gasteiger partial charge on any atom is 0.233 e. The summed E-state index contributed by atoms with van der Waals surface area (Å²) in [5, 5.41) is 0. The Kier molecular flexibility index (Phi) is 6.28. The van der Waals surface area contributed by atoms with E-state index >= 15 is 0 Å². The molecule has 3 aliphatic heterocycles. The predicted molar refractivity (Wildman–Crippen MR) is 128 cm³/mol. The highest BCUT2D eigenvalue weighted by molar-refractivity contribution is 5.88. The lowest BCUT2D eigenvalue weighted by Gasteiger charge is -2.44. The van der Waals surface area contributed by atoms with E-state index in [0.29, 0.717) is 19.1 Å². The molecule has 33 heavy (non-hydrogen) atoms. The van der Waals surface area contributed by atoms with Crippen LogP contribution in [0.25, 0.3) is 0 Å². The van der Waals surface area contributed by atoms with E-state index in [-0.39, 0.29) is 11.5 Å². The molecule has 0 saturated carbocycles. The molecule has 1 spiro atoms. The molecule has 0 bridgehead atoms. The number of carbonyl (C=O) groups is 1. The number of carbonyl (C=O) groups excluding carboxylic acids is 1. The highest BCUT2D eigenvalue weighted by atomic mass is 16.5. The Morgan fingerprint density at radius 1 is 1.06 bits per heavy atom. The second-order valence-corrected chi connectivity index (χ2v) is 10.5. The van der Waals surface area contributed by atoms with Gasteiger partial charge < -0.3 is 14.4 Å². The fraction of sp³-hybridized carbons (Fsp3) is 0.571. The van der Waals surface area contributed by atoms with Gasteiger partial charge in [0.15, 0.2) is 0 Å². The van der Waals surface area contributed by atoms with Crippen molar-refractivity contribution in [3.63, 3.8) is 0 Å². The van der Waals surface area contributed by atoms with E-state index in [9.17, 15) is 4.79 Å². The Morgan fingerprint density at radius 2 is 1.79 bits per heavy atom. The normalized spacial score (nSPS) is 24.2. The van der Waals surface area contributed by atoms with Crippen LogP contribution in [0.5, 0.6) is 0 Å². The second kappa shape index (κ2) is 9.19. The molecule has 1 atom stereocenters. The highest BCUT2D eigenvalue weighted by Crippen LogP contribution is 2.44. The van der Waals surface area contributed by atoms with Crippen molar-refractivity contribution in [1.82, 2.24) is 9.88 Å². The standard InChI is InChI=1S/C28H36N2O3/c1-21-15-22(2)17-23(16-21)28(8-13-32-14-9-28)26(31)30-11-6-27(7-12-30)19-25(33-20-27)18-24-5-3-4-10-29-24/h3-5,10,15-17,25H,6-9,11-14,18-20H2,1-2H3. The molecule has 0 N–H and O–H groups in total. The van der Waals surface area contributed by atoms with Gasteiger partial charge in [-0.2, -0.15) is 0 Å². The molecule has 1 amide bonds. The van der Waals surface area contributed by atoms with Gasteiger partial charge in [0, 0.05) is 44.6 Å². The van der Waals surface area contributed by atoms with E-state index in [0.717, 1.165) is 63.9 Å². The monoisotopic (exact) mass is 448 g/mol. The summed E-state index contributed by atoms with van der Waals surface area (Å²) in [6, 6.07) is 12.7. The van der Waals surface area contributed by atoms with E-state index in [4.69, 9.17) is 9.47 Å². The Hall–Kier alpha value is -2.24. The summed E-state index contributed by atoms with van der Waals surface area (Å²) in [5.74, 6) is 0.301. The average Bonchev–Trinajstić information content (AvgIpc) is 3.21. The van der Waals surface area contributed by atoms with E-state index in [1.165, 1.54) is 16.7 Å². The molecule has 3 fully saturated rings. The lowest BCUT2D eigenvalue weighted by atomic mass is 9.71. The number of piperidine rings is 1. The number of hydrogen-bond donors (Lipinski definition) is 0. The Bertz CT molecular complexity index is 956. The lowest BCUT2D eigenvalue weighted by molar-refractivity contribution is -0.143. The fourth-order valence-corrected chi connectivity index (χ4v) is 6.21. The van der Waals surface area contributed by atoms with Gasteiger partial charge in [-0.1, -0.05) is 35.4 Å². The number of pyridine rings is 1. The highest BCUT2D eigenvalue weighted by Gasteiger charge is 2.48. The molecule has 3 aliphatic rings. The van der Waals surface area contributed by atoms with Crippen molar-refractivity contribution >= 4 is 5.91 Å². The topological polar surface area (TPSA) is 51.7 Å². The van der Waals surface area contributed by atoms with Gasteiger partial charge in [0.05, 0.1) is 18.1 Å². The summed E-state index contributed by atoms with van der Waals surface area (Å²) >= 11 is 0. The fourth-order valence-electron chi connectivity index (χ4n) is 6.21. The molecular formula is C28H36N2O3. The van der Waals surface area contributed by atoms with Crippen molar-refractivity contribution in [2.75, 3.05) is 32.9 Å². The summed E-state index contributed by atoms with van der Waals surface area (Å²) < 4.78 is 11.9. The van der Waals surface area contributed by atoms with Crippen LogP contribution >= 0.6 is 0 Å². The average molecular weight is 449 g/mol. The smallest absolute Gasteiger partial charge is 0.233 e. The van der Waals surface area contributed by atoms with Gasteiger partial charge in [-0.3, -0.25) is 9.78 Å². The Morgan fingerprint density at radius 3 is 2.45 bits per heavy atom. The van der Waals surface area contributed by atoms with E-state index in [1.54, 1.807) is 0 Å². The number of nitrogens with zero attached hydrogens (tertiary/aromatic N) is 2. The number of amides is 1. The van der Waals surface area contributed by atoms with Crippen molar-refractivity contribution in [2.24, 2.45) is 5.41 Å². The second-order valence-electron chi connectivity index (χ2n) is 10.5. The van der Waals surface area contributed by atoms with Gasteiger partial charge in [-0.25, -0.2) is 0 Å². The van der Waals surface area contributed by atoms with Crippen LogP contribution in [0.4, 0.5) is 0 Å². The van der Waals surface area contributed by atoms with Crippen LogP contribution in [0.15, 0.2) is 42.6 Å². The Labute approximate surface area is 197 Å². The molecule has 3 saturated heterocycles. The molecule has 0 aliphatic carbocycles. The molecule has 4 heterocycles. The maximum atomic E-state index is 14.0. The molecule has 1 aromatic heterocycles. The molecule has 5 rings (SSSR count). The van der Waals surface area contributed by atoms with Gasteiger partial charge in [0.25, 0.3) is 0 Å². The molecule has 176 valence electrons. The van der Waals surface area contributed by atoms with Gasteiger partial charge in [-0.15, -0.1) is 0 Å². The predicted octanol–water partition coefficient (Wildman–Crippen LogP) is 4.39. The third-order valence-electron chi connectivity index (χ3n) is 8.09. The van der Waals surface area contributed by atoms with Gasteiger partial charge >= 0.3 is 0 Å². The van der Waals surface area contributed by atoms with E-state index < -0.39 is 5.41 Å². The zero-order chi connectivity index (χ0) is 22.9. The number of rotatable bonds is 4. The molecule has 2 aromatic rings. The van der Waals surface area contributed by atoms with Crippen molar-refractivity contribution in [1.29, 1.82) is 0 Å². The SMILES string of the molecule is Cc1cc(C)cc(C2(C(=O)N3CCC4(CC3)COC(Cc3ccccn3)C4)CCOCC2)c1. The molecule has 5 nitrogen and oxygen atoms in total. The number of hydrogen-bond acceptors (Lipinski definition) is 4. The molecule has 1 aromatic carbocycles. The van der Waals surface area contributed by atoms with Crippen molar-refractivity contribution < 1.29 is 14.3 Å². The van der Waals surface area contributed by atoms with Crippen LogP contribution in [0.1, 0.15) is 54.5 Å². The van der Waals surface area contributed by atoms with Crippen molar-refractivity contribution in [2.45, 2.75) is 63.9 Å². The van der Waals surface area contributed by atoms with Gasteiger partial charge in [-0.05, 0) is 69.1 Å². The summed E-state index contributed by atoms with van der Waals surface area (Å²) in [7, 11) is 0. The van der Waals surface area contributed by atoms with Crippen LogP contribution in [-0.4, -0.2) is 54.8 Å². The Balaban J connectivity index is 1.27. The minimum absolute atomic E-state index is 0.207. The largest absolute Gasteiger partial charge is 0.381 e. The molecule has 1 unspecified atom stereocenters. The number of aromatic nitrogens is 1. The first-order chi connectivity index (χ1) is 16.0. The summed E-state index contributed by atoms with van der Waals surface area (Å²) in [6.45, 7) is 8.01. The first kappa shape index (κ1) is 22.5. The van der Waals surface area contributed by atoms with Gasteiger partial charge in [0.1, 0.15) is 0 Å². The quantitative estimate of drug-likeness (QED) is 0.696. The molecule has 5 heteroatoms. The third kappa shape index (κ3) is 4.58. The van der Waals surface area contributed by atoms with Gasteiger partial charge in [0.2, 0.25) is 5.91 Å². The first-order valence-corrected chi connectivity index (χ1v) is 12.5. The molecular weight excluding hydrogens is 412 g/mol. The first-order valence-electron chi connectivity index (χ1n) is 12.5. The minimum Gasteiger partial charge on any atom is -0.381 e. The maximum absolute atomic E-state index is 14.0. The minimum atomic E-state index is -0.451. The van der Waals surface area contributed by atoms with Crippen molar-refractivity contribution in [3.05, 3.63) is 65.0 Å². The number of aryl methyl sites for hydroxylation is 2. The number of benzene rings is 1. The van der Waals surface area contributed by atoms with Crippen LogP contribution in [0.2, 0.25) is 0 Å². The van der Waals surface area contributed by atoms with Crippen LogP contribution < -0.4 is 0 Å². The zero-order valence-corrected chi connectivity index (χ0v) is 20.0. The van der Waals surface area contributed by atoms with Crippen LogP contribution in [0, 0.1) is 19.3 Å². The van der Waals surface area contributed by atoms with Crippen molar-refractivity contribution in [3.8, 4) is 0 Å². The zero-order valence-electron chi connectivity index (χ0n) is 20.0. The van der Waals surface area contributed by atoms with Crippen LogP contribution in [0.3, 0.4) is 0 Å². The summed E-state index contributed by atoms with van der Waals surface area (Å²) in [5.41, 5.74) is 4.48. The number of ether oxygens (including phenoxy) is 2. The molecule has 0 radical (unpaired) electrons. The summed E-state index contributed by atoms with van der Waals surface area (Å²) in [6.07, 6.45) is 7.62. The number of likely N-dealkylation sites (tertiary alicyclic amines) is 1. The van der Waals surface area contributed by atoms with E-state index in [2.05, 4.69) is 48.0 Å². The summed E-state index contributed by atoms with van der Waals surface area (Å²) in [4.78, 5) is 20.6. The third-order valence-corrected chi connectivity index (χ3v) is 8.09. The van der Waals surface area contributed by atoms with E-state index in [1.807, 2.05) is 18.3 Å². The lowest BCUT2D eigenvalue weighted by Crippen LogP contribution is -2.53.